The Labute approximate surface area is 238 Å². The number of aromatic hydroxyl groups is 4. The van der Waals surface area contributed by atoms with Gasteiger partial charge in [0.2, 0.25) is 0 Å². The van der Waals surface area contributed by atoms with Gasteiger partial charge in [0.25, 0.3) is 5.79 Å². The van der Waals surface area contributed by atoms with Crippen LogP contribution in [0.4, 0.5) is 0 Å². The Bertz CT molecular complexity index is 1440. The summed E-state index contributed by atoms with van der Waals surface area (Å²) in [5, 5.41) is 82.1. The lowest BCUT2D eigenvalue weighted by Crippen LogP contribution is -2.75. The first-order valence-electron chi connectivity index (χ1n) is 12.9. The summed E-state index contributed by atoms with van der Waals surface area (Å²) in [5.41, 5.74) is -4.02. The van der Waals surface area contributed by atoms with Crippen LogP contribution in [0.15, 0.2) is 48.6 Å². The summed E-state index contributed by atoms with van der Waals surface area (Å²) in [4.78, 5) is 38.1. The van der Waals surface area contributed by atoms with Crippen LogP contribution in [0.25, 0.3) is 12.2 Å². The first kappa shape index (κ1) is 30.4. The van der Waals surface area contributed by atoms with Gasteiger partial charge in [-0.25, -0.2) is 14.4 Å². The fourth-order valence-corrected chi connectivity index (χ4v) is 5.68. The molecule has 2 aromatic rings. The second-order valence-electron chi connectivity index (χ2n) is 10.4. The molecular formula is C29H30O13. The molecule has 13 nitrogen and oxygen atoms in total. The summed E-state index contributed by atoms with van der Waals surface area (Å²) in [7, 11) is 0. The lowest BCUT2D eigenvalue weighted by molar-refractivity contribution is -0.350. The van der Waals surface area contributed by atoms with Crippen LogP contribution in [0.2, 0.25) is 0 Å². The van der Waals surface area contributed by atoms with E-state index in [1.165, 1.54) is 24.3 Å². The van der Waals surface area contributed by atoms with Crippen LogP contribution < -0.4 is 0 Å². The molecule has 2 saturated carbocycles. The maximum atomic E-state index is 13.0. The van der Waals surface area contributed by atoms with E-state index < -0.39 is 76.3 Å². The van der Waals surface area contributed by atoms with Crippen LogP contribution in [-0.4, -0.2) is 82.4 Å². The molecule has 0 radical (unpaired) electrons. The molecule has 0 unspecified atom stereocenters. The van der Waals surface area contributed by atoms with E-state index in [9.17, 15) is 55.2 Å². The molecule has 0 amide bonds. The fraction of sp³-hybridized carbons (Fsp3) is 0.345. The molecule has 224 valence electrons. The molecule has 42 heavy (non-hydrogen) atoms. The molecule has 4 rings (SSSR count). The van der Waals surface area contributed by atoms with Gasteiger partial charge in [-0.1, -0.05) is 25.0 Å². The minimum Gasteiger partial charge on any atom is -0.504 e. The molecule has 0 aliphatic heterocycles. The second kappa shape index (κ2) is 11.4. The van der Waals surface area contributed by atoms with Crippen molar-refractivity contribution in [1.82, 2.24) is 0 Å². The molecule has 4 atom stereocenters. The van der Waals surface area contributed by atoms with Crippen molar-refractivity contribution >= 4 is 30.1 Å². The number of aliphatic carboxylic acids is 1. The molecule has 2 fully saturated rings. The maximum Gasteiger partial charge on any atom is 0.336 e. The Hall–Kier alpha value is -4.59. The number of phenolic OH excluding ortho intramolecular Hbond substituents is 4. The van der Waals surface area contributed by atoms with Crippen molar-refractivity contribution in [3.63, 3.8) is 0 Å². The van der Waals surface area contributed by atoms with Crippen LogP contribution in [-0.2, 0) is 23.9 Å². The number of phenols is 4. The van der Waals surface area contributed by atoms with E-state index in [2.05, 4.69) is 0 Å². The van der Waals surface area contributed by atoms with Crippen LogP contribution >= 0.6 is 0 Å². The fourth-order valence-electron chi connectivity index (χ4n) is 5.68. The van der Waals surface area contributed by atoms with E-state index in [1.54, 1.807) is 0 Å². The summed E-state index contributed by atoms with van der Waals surface area (Å²) < 4.78 is 10.7. The normalized spacial score (nSPS) is 26.9. The van der Waals surface area contributed by atoms with E-state index in [0.717, 1.165) is 36.4 Å². The van der Waals surface area contributed by atoms with Gasteiger partial charge in [-0.05, 0) is 60.4 Å². The molecule has 2 aliphatic rings. The second-order valence-corrected chi connectivity index (χ2v) is 10.4. The number of aliphatic hydroxyl groups is 3. The standard InChI is InChI=1S/C29H30O13/c30-18-7-3-16(13-20(18)32)5-9-23(35)41-25-27(11-1-2-12-27)28(39,26(37)38)15-22(34)29(25,40)42-24(36)10-6-17-4-8-19(31)21(33)14-17/h3-10,13-14,22,25,30-34,39-40H,1-2,11-12,15H2,(H,37,38)/b9-5+,10-6+/t22-,25-,28+,29+/m1/s1. The van der Waals surface area contributed by atoms with Crippen molar-refractivity contribution in [3.05, 3.63) is 59.7 Å². The summed E-state index contributed by atoms with van der Waals surface area (Å²) in [6.07, 6.45) is -0.528. The van der Waals surface area contributed by atoms with Gasteiger partial charge in [-0.15, -0.1) is 0 Å². The average molecular weight is 587 g/mol. The quantitative estimate of drug-likeness (QED) is 0.0996. The number of ether oxygens (including phenoxy) is 2. The monoisotopic (exact) mass is 586 g/mol. The summed E-state index contributed by atoms with van der Waals surface area (Å²) >= 11 is 0. The van der Waals surface area contributed by atoms with E-state index in [4.69, 9.17) is 9.47 Å². The highest BCUT2D eigenvalue weighted by atomic mass is 16.7. The molecule has 1 spiro atoms. The highest BCUT2D eigenvalue weighted by Crippen LogP contribution is 2.59. The predicted molar refractivity (Wildman–Crippen MR) is 143 cm³/mol. The minimum absolute atomic E-state index is 0.0570. The topological polar surface area (TPSA) is 232 Å². The highest BCUT2D eigenvalue weighted by Gasteiger charge is 2.74. The molecular weight excluding hydrogens is 556 g/mol. The van der Waals surface area contributed by atoms with Crippen LogP contribution in [0.5, 0.6) is 23.0 Å². The third-order valence-electron chi connectivity index (χ3n) is 7.84. The number of carbonyl (C=O) groups is 3. The number of hydrogen-bond acceptors (Lipinski definition) is 12. The van der Waals surface area contributed by atoms with E-state index >= 15 is 0 Å². The van der Waals surface area contributed by atoms with Gasteiger partial charge in [0.15, 0.2) is 34.7 Å². The number of hydrogen-bond donors (Lipinski definition) is 8. The Morgan fingerprint density at radius 2 is 1.29 bits per heavy atom. The maximum absolute atomic E-state index is 13.0. The summed E-state index contributed by atoms with van der Waals surface area (Å²) in [6, 6.07) is 7.33. The van der Waals surface area contributed by atoms with Crippen molar-refractivity contribution in [3.8, 4) is 23.0 Å². The van der Waals surface area contributed by atoms with Crippen molar-refractivity contribution in [2.45, 2.75) is 55.7 Å². The lowest BCUT2D eigenvalue weighted by atomic mass is 9.57. The summed E-state index contributed by atoms with van der Waals surface area (Å²) in [5.74, 6) is -8.85. The zero-order valence-electron chi connectivity index (χ0n) is 22.1. The van der Waals surface area contributed by atoms with Gasteiger partial charge < -0.3 is 50.3 Å². The number of esters is 2. The largest absolute Gasteiger partial charge is 0.504 e. The van der Waals surface area contributed by atoms with Crippen molar-refractivity contribution in [1.29, 1.82) is 0 Å². The molecule has 2 aromatic carbocycles. The SMILES string of the molecule is O=C(/C=C/c1ccc(O)c(O)c1)O[C@@H]1C2(CCCC2)[C@@](O)(C(=O)O)C[C@@H](O)[C@]1(O)OC(=O)/C=C/c1ccc(O)c(O)c1. The smallest absolute Gasteiger partial charge is 0.336 e. The van der Waals surface area contributed by atoms with E-state index in [1.807, 2.05) is 0 Å². The van der Waals surface area contributed by atoms with Gasteiger partial charge in [0, 0.05) is 18.6 Å². The Balaban J connectivity index is 1.68. The summed E-state index contributed by atoms with van der Waals surface area (Å²) in [6.45, 7) is 0. The van der Waals surface area contributed by atoms with Crippen molar-refractivity contribution in [2.75, 3.05) is 0 Å². The van der Waals surface area contributed by atoms with Crippen molar-refractivity contribution < 1.29 is 64.7 Å². The van der Waals surface area contributed by atoms with Crippen LogP contribution in [0.3, 0.4) is 0 Å². The number of rotatable bonds is 7. The zero-order chi connectivity index (χ0) is 30.9. The molecule has 2 aliphatic carbocycles. The number of carboxylic acid groups (broad SMARTS) is 1. The lowest BCUT2D eigenvalue weighted by Gasteiger charge is -2.56. The van der Waals surface area contributed by atoms with Gasteiger partial charge in [-0.2, -0.15) is 0 Å². The first-order valence-corrected chi connectivity index (χ1v) is 12.9. The predicted octanol–water partition coefficient (Wildman–Crippen LogP) is 1.52. The number of carbonyl (C=O) groups excluding carboxylic acids is 2. The average Bonchev–Trinajstić information content (AvgIpc) is 3.43. The number of aliphatic hydroxyl groups excluding tert-OH is 1. The molecule has 13 heteroatoms. The molecule has 0 heterocycles. The number of benzene rings is 2. The first-order chi connectivity index (χ1) is 19.7. The zero-order valence-corrected chi connectivity index (χ0v) is 22.1. The van der Waals surface area contributed by atoms with E-state index in [-0.39, 0.29) is 24.0 Å². The minimum atomic E-state index is -3.00. The third kappa shape index (κ3) is 5.49. The van der Waals surface area contributed by atoms with Crippen LogP contribution in [0, 0.1) is 5.41 Å². The highest BCUT2D eigenvalue weighted by molar-refractivity contribution is 5.89. The van der Waals surface area contributed by atoms with Crippen molar-refractivity contribution in [2.24, 2.45) is 5.41 Å². The Morgan fingerprint density at radius 1 is 0.786 bits per heavy atom. The van der Waals surface area contributed by atoms with Gasteiger partial charge in [-0.3, -0.25) is 0 Å². The number of carboxylic acids is 1. The molecule has 0 saturated heterocycles. The Morgan fingerprint density at radius 3 is 1.76 bits per heavy atom. The molecule has 8 N–H and O–H groups in total. The third-order valence-corrected chi connectivity index (χ3v) is 7.84. The van der Waals surface area contributed by atoms with Gasteiger partial charge in [0.1, 0.15) is 6.10 Å². The molecule has 0 bridgehead atoms. The van der Waals surface area contributed by atoms with Gasteiger partial charge >= 0.3 is 17.9 Å². The van der Waals surface area contributed by atoms with Crippen LogP contribution in [0.1, 0.15) is 43.2 Å². The van der Waals surface area contributed by atoms with Gasteiger partial charge in [0.05, 0.1) is 5.41 Å². The molecule has 0 aromatic heterocycles. The Kier molecular flexibility index (Phi) is 8.21. The van der Waals surface area contributed by atoms with E-state index in [0.29, 0.717) is 12.8 Å².